The maximum absolute atomic E-state index is 12.2. The summed E-state index contributed by atoms with van der Waals surface area (Å²) in [5.41, 5.74) is 0.0422. The van der Waals surface area contributed by atoms with Gasteiger partial charge in [-0.3, -0.25) is 0 Å². The lowest BCUT2D eigenvalue weighted by atomic mass is 9.85. The molecule has 21 heavy (non-hydrogen) atoms. The van der Waals surface area contributed by atoms with Crippen LogP contribution in [0.5, 0.6) is 0 Å². The minimum atomic E-state index is -3.57. The molecule has 0 aromatic heterocycles. The summed E-state index contributed by atoms with van der Waals surface area (Å²) in [7, 11) is -2.03. The number of hydrogen-bond donors (Lipinski definition) is 2. The Bertz CT molecular complexity index is 539. The molecule has 0 amide bonds. The van der Waals surface area contributed by atoms with Crippen molar-refractivity contribution in [3.05, 3.63) is 35.9 Å². The zero-order valence-electron chi connectivity index (χ0n) is 12.5. The van der Waals surface area contributed by atoms with Crippen LogP contribution in [0.15, 0.2) is 30.3 Å². The van der Waals surface area contributed by atoms with Gasteiger partial charge >= 0.3 is 0 Å². The highest BCUT2D eigenvalue weighted by molar-refractivity contribution is 7.87. The van der Waals surface area contributed by atoms with Crippen molar-refractivity contribution >= 4 is 10.2 Å². The van der Waals surface area contributed by atoms with E-state index in [2.05, 4.69) is 4.72 Å². The molecule has 0 atom stereocenters. The largest absolute Gasteiger partial charge is 0.389 e. The SMILES string of the molecule is CN(Cc1ccccc1)S(=O)(=O)NCC1(O)CCCCC1. The highest BCUT2D eigenvalue weighted by Gasteiger charge is 2.31. The van der Waals surface area contributed by atoms with Gasteiger partial charge in [-0.2, -0.15) is 17.4 Å². The number of aliphatic hydroxyl groups is 1. The van der Waals surface area contributed by atoms with Gasteiger partial charge in [-0.15, -0.1) is 0 Å². The lowest BCUT2D eigenvalue weighted by molar-refractivity contribution is 0.00917. The van der Waals surface area contributed by atoms with Gasteiger partial charge in [0, 0.05) is 20.1 Å². The molecule has 0 spiro atoms. The average Bonchev–Trinajstić information content (AvgIpc) is 2.47. The van der Waals surface area contributed by atoms with Crippen LogP contribution >= 0.6 is 0 Å². The molecule has 0 unspecified atom stereocenters. The fourth-order valence-electron chi connectivity index (χ4n) is 2.65. The van der Waals surface area contributed by atoms with Crippen LogP contribution < -0.4 is 4.72 Å². The Morgan fingerprint density at radius 1 is 1.19 bits per heavy atom. The molecular formula is C15H24N2O3S. The Kier molecular flexibility index (Phi) is 5.37. The van der Waals surface area contributed by atoms with Crippen molar-refractivity contribution < 1.29 is 13.5 Å². The Morgan fingerprint density at radius 3 is 2.43 bits per heavy atom. The lowest BCUT2D eigenvalue weighted by Crippen LogP contribution is -2.47. The van der Waals surface area contributed by atoms with Crippen molar-refractivity contribution in [1.82, 2.24) is 9.03 Å². The summed E-state index contributed by atoms with van der Waals surface area (Å²) in [4.78, 5) is 0. The number of rotatable bonds is 6. The van der Waals surface area contributed by atoms with E-state index in [1.807, 2.05) is 30.3 Å². The number of benzene rings is 1. The van der Waals surface area contributed by atoms with Gasteiger partial charge in [-0.05, 0) is 18.4 Å². The van der Waals surface area contributed by atoms with Crippen LogP contribution in [0.1, 0.15) is 37.7 Å². The van der Waals surface area contributed by atoms with Crippen LogP contribution in [0.3, 0.4) is 0 Å². The molecule has 1 saturated carbocycles. The predicted molar refractivity (Wildman–Crippen MR) is 82.9 cm³/mol. The molecule has 0 radical (unpaired) electrons. The fraction of sp³-hybridized carbons (Fsp3) is 0.600. The molecule has 1 aromatic carbocycles. The number of nitrogens with zero attached hydrogens (tertiary/aromatic N) is 1. The van der Waals surface area contributed by atoms with Gasteiger partial charge in [0.25, 0.3) is 10.2 Å². The zero-order chi connectivity index (χ0) is 15.3. The second-order valence-corrected chi connectivity index (χ2v) is 7.71. The molecular weight excluding hydrogens is 288 g/mol. The van der Waals surface area contributed by atoms with Gasteiger partial charge in [0.05, 0.1) is 5.60 Å². The van der Waals surface area contributed by atoms with E-state index in [9.17, 15) is 13.5 Å². The van der Waals surface area contributed by atoms with E-state index in [-0.39, 0.29) is 6.54 Å². The Hall–Kier alpha value is -0.950. The van der Waals surface area contributed by atoms with Crippen molar-refractivity contribution in [2.75, 3.05) is 13.6 Å². The normalized spacial score (nSPS) is 18.8. The maximum Gasteiger partial charge on any atom is 0.279 e. The van der Waals surface area contributed by atoms with E-state index in [1.165, 1.54) is 4.31 Å². The summed E-state index contributed by atoms with van der Waals surface area (Å²) in [5.74, 6) is 0. The van der Waals surface area contributed by atoms with Gasteiger partial charge in [0.1, 0.15) is 0 Å². The maximum atomic E-state index is 12.2. The molecule has 1 aliphatic carbocycles. The minimum Gasteiger partial charge on any atom is -0.389 e. The van der Waals surface area contributed by atoms with Crippen molar-refractivity contribution in [2.24, 2.45) is 0 Å². The molecule has 118 valence electrons. The molecule has 0 heterocycles. The standard InChI is InChI=1S/C15H24N2O3S/c1-17(12-14-8-4-2-5-9-14)21(19,20)16-13-15(18)10-6-3-7-11-15/h2,4-5,8-9,16,18H,3,6-7,10-13H2,1H3. The molecule has 1 aromatic rings. The molecule has 0 saturated heterocycles. The molecule has 6 heteroatoms. The van der Waals surface area contributed by atoms with Crippen LogP contribution in [0.4, 0.5) is 0 Å². The van der Waals surface area contributed by atoms with Gasteiger partial charge < -0.3 is 5.11 Å². The van der Waals surface area contributed by atoms with Crippen molar-refractivity contribution in [3.63, 3.8) is 0 Å². The Morgan fingerprint density at radius 2 is 1.81 bits per heavy atom. The van der Waals surface area contributed by atoms with E-state index >= 15 is 0 Å². The minimum absolute atomic E-state index is 0.0917. The molecule has 1 fully saturated rings. The van der Waals surface area contributed by atoms with Crippen molar-refractivity contribution in [1.29, 1.82) is 0 Å². The first kappa shape index (κ1) is 16.4. The Balaban J connectivity index is 1.91. The molecule has 5 nitrogen and oxygen atoms in total. The summed E-state index contributed by atoms with van der Waals surface area (Å²) < 4.78 is 28.3. The van der Waals surface area contributed by atoms with Crippen LogP contribution in [0, 0.1) is 0 Å². The number of nitrogens with one attached hydrogen (secondary N) is 1. The zero-order valence-corrected chi connectivity index (χ0v) is 13.3. The number of hydrogen-bond acceptors (Lipinski definition) is 3. The smallest absolute Gasteiger partial charge is 0.279 e. The van der Waals surface area contributed by atoms with Crippen molar-refractivity contribution in [2.45, 2.75) is 44.2 Å². The first-order valence-corrected chi connectivity index (χ1v) is 8.83. The Labute approximate surface area is 127 Å². The van der Waals surface area contributed by atoms with E-state index in [0.29, 0.717) is 19.4 Å². The first-order valence-electron chi connectivity index (χ1n) is 7.39. The third-order valence-corrected chi connectivity index (χ3v) is 5.49. The van der Waals surface area contributed by atoms with Crippen LogP contribution in [-0.4, -0.2) is 37.0 Å². The van der Waals surface area contributed by atoms with Crippen LogP contribution in [0.2, 0.25) is 0 Å². The van der Waals surface area contributed by atoms with E-state index in [0.717, 1.165) is 24.8 Å². The second kappa shape index (κ2) is 6.87. The van der Waals surface area contributed by atoms with E-state index in [4.69, 9.17) is 0 Å². The fourth-order valence-corrected chi connectivity index (χ4v) is 3.64. The lowest BCUT2D eigenvalue weighted by Gasteiger charge is -2.32. The summed E-state index contributed by atoms with van der Waals surface area (Å²) in [6, 6.07) is 9.44. The molecule has 1 aliphatic rings. The molecule has 0 bridgehead atoms. The predicted octanol–water partition coefficient (Wildman–Crippen LogP) is 1.65. The average molecular weight is 312 g/mol. The summed E-state index contributed by atoms with van der Waals surface area (Å²) in [6.45, 7) is 0.406. The summed E-state index contributed by atoms with van der Waals surface area (Å²) >= 11 is 0. The topological polar surface area (TPSA) is 69.6 Å². The van der Waals surface area contributed by atoms with Crippen LogP contribution in [0.25, 0.3) is 0 Å². The van der Waals surface area contributed by atoms with Gasteiger partial charge in [0.15, 0.2) is 0 Å². The second-order valence-electron chi connectivity index (χ2n) is 5.85. The van der Waals surface area contributed by atoms with Gasteiger partial charge in [-0.25, -0.2) is 0 Å². The third kappa shape index (κ3) is 4.78. The van der Waals surface area contributed by atoms with Crippen molar-refractivity contribution in [3.8, 4) is 0 Å². The molecule has 2 rings (SSSR count). The molecule has 0 aliphatic heterocycles. The first-order chi connectivity index (χ1) is 9.91. The van der Waals surface area contributed by atoms with Gasteiger partial charge in [-0.1, -0.05) is 49.6 Å². The highest BCUT2D eigenvalue weighted by atomic mass is 32.2. The third-order valence-electron chi connectivity index (χ3n) is 4.03. The highest BCUT2D eigenvalue weighted by Crippen LogP contribution is 2.27. The monoisotopic (exact) mass is 312 g/mol. The van der Waals surface area contributed by atoms with E-state index in [1.54, 1.807) is 7.05 Å². The van der Waals surface area contributed by atoms with Gasteiger partial charge in [0.2, 0.25) is 0 Å². The summed E-state index contributed by atoms with van der Waals surface area (Å²) in [6.07, 6.45) is 4.36. The summed E-state index contributed by atoms with van der Waals surface area (Å²) in [5, 5.41) is 10.4. The molecule has 2 N–H and O–H groups in total. The van der Waals surface area contributed by atoms with Crippen LogP contribution in [-0.2, 0) is 16.8 Å². The van der Waals surface area contributed by atoms with E-state index < -0.39 is 15.8 Å². The quantitative estimate of drug-likeness (QED) is 0.839.